The van der Waals surface area contributed by atoms with E-state index < -0.39 is 5.92 Å². The van der Waals surface area contributed by atoms with Gasteiger partial charge in [-0.25, -0.2) is 0 Å². The number of hydrogen-bond acceptors (Lipinski definition) is 4. The maximum Gasteiger partial charge on any atom is 0.310 e. The van der Waals surface area contributed by atoms with Crippen LogP contribution in [-0.4, -0.2) is 37.0 Å². The summed E-state index contributed by atoms with van der Waals surface area (Å²) in [6, 6.07) is 15.5. The zero-order valence-electron chi connectivity index (χ0n) is 16.4. The third-order valence-electron chi connectivity index (χ3n) is 4.33. The molecule has 1 unspecified atom stereocenters. The Morgan fingerprint density at radius 2 is 1.52 bits per heavy atom. The molecule has 2 aromatic carbocycles. The fourth-order valence-electron chi connectivity index (χ4n) is 2.65. The second kappa shape index (κ2) is 9.76. The first-order valence-corrected chi connectivity index (χ1v) is 8.99. The Kier molecular flexibility index (Phi) is 7.41. The summed E-state index contributed by atoms with van der Waals surface area (Å²) in [7, 11) is 1.35. The average molecular weight is 369 g/mol. The number of aryl methyl sites for hydroxylation is 2. The number of rotatable bonds is 8. The summed E-state index contributed by atoms with van der Waals surface area (Å²) >= 11 is 0. The molecule has 1 atom stereocenters. The van der Waals surface area contributed by atoms with E-state index in [-0.39, 0.29) is 25.0 Å². The highest BCUT2D eigenvalue weighted by molar-refractivity contribution is 5.79. The van der Waals surface area contributed by atoms with Crippen LogP contribution in [0.25, 0.3) is 0 Å². The van der Waals surface area contributed by atoms with Crippen LogP contribution in [0.2, 0.25) is 0 Å². The molecule has 144 valence electrons. The number of nitrogens with zero attached hydrogens (tertiary/aromatic N) is 1. The summed E-state index contributed by atoms with van der Waals surface area (Å²) in [6.45, 7) is 6.37. The third kappa shape index (κ3) is 6.44. The minimum atomic E-state index is -0.413. The summed E-state index contributed by atoms with van der Waals surface area (Å²) in [6.07, 6.45) is 0. The average Bonchev–Trinajstić information content (AvgIpc) is 2.67. The molecule has 0 aromatic heterocycles. The van der Waals surface area contributed by atoms with E-state index in [1.807, 2.05) is 62.4 Å². The highest BCUT2D eigenvalue weighted by atomic mass is 16.5. The molecule has 2 aromatic rings. The fraction of sp³-hybridized carbons (Fsp3) is 0.364. The van der Waals surface area contributed by atoms with Crippen LogP contribution in [0.1, 0.15) is 23.6 Å². The molecule has 0 aliphatic carbocycles. The molecule has 0 heterocycles. The second-order valence-electron chi connectivity index (χ2n) is 6.79. The lowest BCUT2D eigenvalue weighted by molar-refractivity contribution is -0.147. The van der Waals surface area contributed by atoms with Crippen LogP contribution in [0.5, 0.6) is 5.75 Å². The molecule has 0 saturated heterocycles. The van der Waals surface area contributed by atoms with Crippen molar-refractivity contribution in [2.24, 2.45) is 5.92 Å². The van der Waals surface area contributed by atoms with Crippen LogP contribution in [0.15, 0.2) is 48.5 Å². The van der Waals surface area contributed by atoms with Crippen LogP contribution in [0.4, 0.5) is 0 Å². The molecule has 0 fully saturated rings. The Hall–Kier alpha value is -2.82. The number of hydrogen-bond donors (Lipinski definition) is 0. The van der Waals surface area contributed by atoms with Gasteiger partial charge in [-0.3, -0.25) is 9.59 Å². The molecule has 0 spiro atoms. The Morgan fingerprint density at radius 1 is 0.963 bits per heavy atom. The van der Waals surface area contributed by atoms with Gasteiger partial charge in [0.05, 0.1) is 13.0 Å². The Bertz CT molecular complexity index is 753. The standard InChI is InChI=1S/C22H27NO4/c1-16-5-9-19(10-6-16)14-23(13-18(3)22(25)26-4)21(24)15-27-20-11-7-17(2)8-12-20/h5-12,18H,13-15H2,1-4H3. The Morgan fingerprint density at radius 3 is 2.07 bits per heavy atom. The van der Waals surface area contributed by atoms with E-state index in [1.165, 1.54) is 7.11 Å². The summed E-state index contributed by atoms with van der Waals surface area (Å²) in [5.41, 5.74) is 3.28. The van der Waals surface area contributed by atoms with Crippen molar-refractivity contribution < 1.29 is 19.1 Å². The first-order chi connectivity index (χ1) is 12.9. The van der Waals surface area contributed by atoms with Crippen LogP contribution in [0.3, 0.4) is 0 Å². The normalized spacial score (nSPS) is 11.6. The van der Waals surface area contributed by atoms with Gasteiger partial charge in [-0.05, 0) is 31.5 Å². The third-order valence-corrected chi connectivity index (χ3v) is 4.33. The van der Waals surface area contributed by atoms with Gasteiger partial charge in [0, 0.05) is 13.1 Å². The van der Waals surface area contributed by atoms with E-state index in [1.54, 1.807) is 11.8 Å². The number of ether oxygens (including phenoxy) is 2. The molecule has 2 rings (SSSR count). The molecule has 0 aliphatic heterocycles. The number of esters is 1. The van der Waals surface area contributed by atoms with Crippen molar-refractivity contribution in [3.8, 4) is 5.75 Å². The topological polar surface area (TPSA) is 55.8 Å². The minimum absolute atomic E-state index is 0.0805. The van der Waals surface area contributed by atoms with Crippen LogP contribution in [0, 0.1) is 19.8 Å². The lowest BCUT2D eigenvalue weighted by Gasteiger charge is -2.25. The van der Waals surface area contributed by atoms with Crippen molar-refractivity contribution in [1.82, 2.24) is 4.90 Å². The lowest BCUT2D eigenvalue weighted by atomic mass is 10.1. The van der Waals surface area contributed by atoms with Crippen molar-refractivity contribution in [2.75, 3.05) is 20.3 Å². The van der Waals surface area contributed by atoms with Gasteiger partial charge in [-0.1, -0.05) is 54.4 Å². The predicted molar refractivity (Wildman–Crippen MR) is 104 cm³/mol. The van der Waals surface area contributed by atoms with Gasteiger partial charge in [-0.15, -0.1) is 0 Å². The van der Waals surface area contributed by atoms with Gasteiger partial charge >= 0.3 is 5.97 Å². The molecule has 27 heavy (non-hydrogen) atoms. The molecule has 1 amide bonds. The highest BCUT2D eigenvalue weighted by Gasteiger charge is 2.22. The SMILES string of the molecule is COC(=O)C(C)CN(Cc1ccc(C)cc1)C(=O)COc1ccc(C)cc1. The largest absolute Gasteiger partial charge is 0.484 e. The summed E-state index contributed by atoms with van der Waals surface area (Å²) in [5.74, 6) is -0.280. The number of carbonyl (C=O) groups is 2. The number of methoxy groups -OCH3 is 1. The maximum absolute atomic E-state index is 12.8. The molecular formula is C22H27NO4. The molecule has 5 heteroatoms. The Labute approximate surface area is 160 Å². The molecule has 0 radical (unpaired) electrons. The maximum atomic E-state index is 12.8. The van der Waals surface area contributed by atoms with E-state index in [0.717, 1.165) is 16.7 Å². The Balaban J connectivity index is 2.06. The number of carbonyl (C=O) groups excluding carboxylic acids is 2. The quantitative estimate of drug-likeness (QED) is 0.668. The van der Waals surface area contributed by atoms with Gasteiger partial charge in [0.2, 0.25) is 0 Å². The molecule has 0 aliphatic rings. The van der Waals surface area contributed by atoms with Crippen molar-refractivity contribution >= 4 is 11.9 Å². The highest BCUT2D eigenvalue weighted by Crippen LogP contribution is 2.14. The van der Waals surface area contributed by atoms with Crippen LogP contribution >= 0.6 is 0 Å². The van der Waals surface area contributed by atoms with E-state index in [2.05, 4.69) is 0 Å². The number of benzene rings is 2. The van der Waals surface area contributed by atoms with Crippen molar-refractivity contribution in [1.29, 1.82) is 0 Å². The summed E-state index contributed by atoms with van der Waals surface area (Å²) in [4.78, 5) is 26.2. The predicted octanol–water partition coefficient (Wildman–Crippen LogP) is 3.52. The van der Waals surface area contributed by atoms with E-state index in [4.69, 9.17) is 9.47 Å². The van der Waals surface area contributed by atoms with Gasteiger partial charge in [-0.2, -0.15) is 0 Å². The second-order valence-corrected chi connectivity index (χ2v) is 6.79. The monoisotopic (exact) mass is 369 g/mol. The lowest BCUT2D eigenvalue weighted by Crippen LogP contribution is -2.39. The van der Waals surface area contributed by atoms with Crippen molar-refractivity contribution in [3.63, 3.8) is 0 Å². The summed E-state index contributed by atoms with van der Waals surface area (Å²) in [5, 5.41) is 0. The van der Waals surface area contributed by atoms with E-state index in [9.17, 15) is 9.59 Å². The van der Waals surface area contributed by atoms with E-state index >= 15 is 0 Å². The molecule has 0 N–H and O–H groups in total. The zero-order valence-corrected chi connectivity index (χ0v) is 16.4. The number of amides is 1. The van der Waals surface area contributed by atoms with Gasteiger partial charge in [0.15, 0.2) is 6.61 Å². The zero-order chi connectivity index (χ0) is 19.8. The van der Waals surface area contributed by atoms with Crippen molar-refractivity contribution in [3.05, 3.63) is 65.2 Å². The van der Waals surface area contributed by atoms with Crippen LogP contribution < -0.4 is 4.74 Å². The first-order valence-electron chi connectivity index (χ1n) is 8.99. The summed E-state index contributed by atoms with van der Waals surface area (Å²) < 4.78 is 10.4. The van der Waals surface area contributed by atoms with Crippen LogP contribution in [-0.2, 0) is 20.9 Å². The molecule has 5 nitrogen and oxygen atoms in total. The van der Waals surface area contributed by atoms with Crippen molar-refractivity contribution in [2.45, 2.75) is 27.3 Å². The van der Waals surface area contributed by atoms with E-state index in [0.29, 0.717) is 12.3 Å². The minimum Gasteiger partial charge on any atom is -0.484 e. The first kappa shape index (κ1) is 20.5. The molecule has 0 bridgehead atoms. The van der Waals surface area contributed by atoms with Gasteiger partial charge in [0.1, 0.15) is 5.75 Å². The molecular weight excluding hydrogens is 342 g/mol. The van der Waals surface area contributed by atoms with Gasteiger partial charge in [0.25, 0.3) is 5.91 Å². The smallest absolute Gasteiger partial charge is 0.310 e. The molecule has 0 saturated carbocycles. The fourth-order valence-corrected chi connectivity index (χ4v) is 2.65. The van der Waals surface area contributed by atoms with Gasteiger partial charge < -0.3 is 14.4 Å².